The molecule has 0 saturated carbocycles. The van der Waals surface area contributed by atoms with Gasteiger partial charge in [0.25, 0.3) is 0 Å². The van der Waals surface area contributed by atoms with Gasteiger partial charge in [0.2, 0.25) is 11.8 Å². The lowest BCUT2D eigenvalue weighted by atomic mass is 10.1. The number of hydrogen-bond acceptors (Lipinski definition) is 4. The minimum Gasteiger partial charge on any atom is -0.421 e. The van der Waals surface area contributed by atoms with Crippen LogP contribution in [0.2, 0.25) is 0 Å². The van der Waals surface area contributed by atoms with E-state index in [1.807, 2.05) is 30.3 Å². The molecule has 0 fully saturated rings. The number of aromatic nitrogens is 2. The second-order valence-electron chi connectivity index (χ2n) is 4.54. The molecule has 0 amide bonds. The van der Waals surface area contributed by atoms with Gasteiger partial charge in [-0.1, -0.05) is 30.3 Å². The highest BCUT2D eigenvalue weighted by Crippen LogP contribution is 2.18. The third-order valence-electron chi connectivity index (χ3n) is 3.00. The molecule has 4 heteroatoms. The molecule has 4 nitrogen and oxygen atoms in total. The Morgan fingerprint density at radius 1 is 0.950 bits per heavy atom. The first-order valence-corrected chi connectivity index (χ1v) is 6.49. The van der Waals surface area contributed by atoms with Crippen LogP contribution in [0.5, 0.6) is 0 Å². The summed E-state index contributed by atoms with van der Waals surface area (Å²) in [7, 11) is 0. The summed E-state index contributed by atoms with van der Waals surface area (Å²) in [6.07, 6.45) is 0. The van der Waals surface area contributed by atoms with Crippen LogP contribution in [-0.4, -0.2) is 10.2 Å². The number of nitrogens with zero attached hydrogens (tertiary/aromatic N) is 2. The van der Waals surface area contributed by atoms with Crippen LogP contribution in [0.4, 0.5) is 5.69 Å². The van der Waals surface area contributed by atoms with Crippen molar-refractivity contribution in [1.29, 1.82) is 0 Å². The van der Waals surface area contributed by atoms with Crippen molar-refractivity contribution in [1.82, 2.24) is 10.2 Å². The van der Waals surface area contributed by atoms with Crippen molar-refractivity contribution < 1.29 is 4.42 Å². The predicted octanol–water partition coefficient (Wildman–Crippen LogP) is 3.66. The minimum atomic E-state index is 0.560. The van der Waals surface area contributed by atoms with Gasteiger partial charge in [-0.2, -0.15) is 0 Å². The standard InChI is InChI=1S/C16H15N3O/c1-12-18-19-16(20-12)14-9-7-13(8-10-14)11-17-15-5-3-2-4-6-15/h2-10,17H,11H2,1H3. The predicted molar refractivity (Wildman–Crippen MR) is 78.2 cm³/mol. The molecule has 3 rings (SSSR count). The lowest BCUT2D eigenvalue weighted by molar-refractivity contribution is 0.533. The van der Waals surface area contributed by atoms with E-state index >= 15 is 0 Å². The van der Waals surface area contributed by atoms with E-state index in [1.165, 1.54) is 5.56 Å². The van der Waals surface area contributed by atoms with Crippen LogP contribution in [0.25, 0.3) is 11.5 Å². The van der Waals surface area contributed by atoms with Gasteiger partial charge in [-0.3, -0.25) is 0 Å². The van der Waals surface area contributed by atoms with E-state index in [0.717, 1.165) is 17.8 Å². The van der Waals surface area contributed by atoms with Crippen molar-refractivity contribution in [2.45, 2.75) is 13.5 Å². The zero-order valence-corrected chi connectivity index (χ0v) is 11.2. The third-order valence-corrected chi connectivity index (χ3v) is 3.00. The monoisotopic (exact) mass is 265 g/mol. The first-order valence-electron chi connectivity index (χ1n) is 6.49. The van der Waals surface area contributed by atoms with Crippen molar-refractivity contribution >= 4 is 5.69 Å². The number of benzene rings is 2. The molecule has 0 unspecified atom stereocenters. The van der Waals surface area contributed by atoms with Crippen LogP contribution in [0.3, 0.4) is 0 Å². The average Bonchev–Trinajstić information content (AvgIpc) is 2.93. The maximum Gasteiger partial charge on any atom is 0.247 e. The molecular formula is C16H15N3O. The highest BCUT2D eigenvalue weighted by Gasteiger charge is 2.05. The van der Waals surface area contributed by atoms with Crippen LogP contribution in [0, 0.1) is 6.92 Å². The largest absolute Gasteiger partial charge is 0.421 e. The Labute approximate surface area is 117 Å². The fourth-order valence-corrected chi connectivity index (χ4v) is 1.94. The van der Waals surface area contributed by atoms with Crippen LogP contribution in [0.1, 0.15) is 11.5 Å². The second-order valence-corrected chi connectivity index (χ2v) is 4.54. The first-order chi connectivity index (χ1) is 9.81. The molecule has 0 spiro atoms. The van der Waals surface area contributed by atoms with E-state index in [4.69, 9.17) is 4.42 Å². The maximum atomic E-state index is 5.40. The van der Waals surface area contributed by atoms with Crippen LogP contribution in [0.15, 0.2) is 59.0 Å². The Kier molecular flexibility index (Phi) is 3.46. The van der Waals surface area contributed by atoms with Crippen LogP contribution < -0.4 is 5.32 Å². The smallest absolute Gasteiger partial charge is 0.247 e. The van der Waals surface area contributed by atoms with Crippen LogP contribution in [-0.2, 0) is 6.54 Å². The van der Waals surface area contributed by atoms with Gasteiger partial charge in [-0.25, -0.2) is 0 Å². The van der Waals surface area contributed by atoms with Gasteiger partial charge in [-0.15, -0.1) is 10.2 Å². The molecule has 3 aromatic rings. The normalized spacial score (nSPS) is 10.4. The molecule has 1 aromatic heterocycles. The van der Waals surface area contributed by atoms with Gasteiger partial charge in [0.1, 0.15) is 0 Å². The number of anilines is 1. The zero-order valence-electron chi connectivity index (χ0n) is 11.2. The maximum absolute atomic E-state index is 5.40. The van der Waals surface area contributed by atoms with Crippen molar-refractivity contribution in [3.8, 4) is 11.5 Å². The summed E-state index contributed by atoms with van der Waals surface area (Å²) < 4.78 is 5.40. The Morgan fingerprint density at radius 2 is 1.70 bits per heavy atom. The molecule has 0 aliphatic heterocycles. The molecule has 2 aromatic carbocycles. The lowest BCUT2D eigenvalue weighted by Gasteiger charge is -2.06. The van der Waals surface area contributed by atoms with Crippen molar-refractivity contribution in [3.05, 3.63) is 66.1 Å². The van der Waals surface area contributed by atoms with Gasteiger partial charge in [-0.05, 0) is 29.8 Å². The fraction of sp³-hybridized carbons (Fsp3) is 0.125. The van der Waals surface area contributed by atoms with E-state index in [0.29, 0.717) is 11.8 Å². The average molecular weight is 265 g/mol. The molecule has 1 N–H and O–H groups in total. The molecule has 100 valence electrons. The number of nitrogens with one attached hydrogen (secondary N) is 1. The summed E-state index contributed by atoms with van der Waals surface area (Å²) in [6.45, 7) is 2.57. The molecule has 0 aliphatic rings. The highest BCUT2D eigenvalue weighted by molar-refractivity contribution is 5.53. The lowest BCUT2D eigenvalue weighted by Crippen LogP contribution is -1.98. The molecule has 0 atom stereocenters. The number of hydrogen-bond donors (Lipinski definition) is 1. The van der Waals surface area contributed by atoms with Gasteiger partial charge in [0.05, 0.1) is 0 Å². The van der Waals surface area contributed by atoms with Gasteiger partial charge >= 0.3 is 0 Å². The number of aryl methyl sites for hydroxylation is 1. The summed E-state index contributed by atoms with van der Waals surface area (Å²) in [5.41, 5.74) is 3.26. The highest BCUT2D eigenvalue weighted by atomic mass is 16.4. The van der Waals surface area contributed by atoms with E-state index < -0.39 is 0 Å². The quantitative estimate of drug-likeness (QED) is 0.782. The number of para-hydroxylation sites is 1. The molecule has 0 radical (unpaired) electrons. The van der Waals surface area contributed by atoms with Crippen molar-refractivity contribution in [3.63, 3.8) is 0 Å². The first kappa shape index (κ1) is 12.4. The molecule has 0 aliphatic carbocycles. The topological polar surface area (TPSA) is 51.0 Å². The molecule has 1 heterocycles. The molecule has 0 bridgehead atoms. The molecule has 0 saturated heterocycles. The Morgan fingerprint density at radius 3 is 2.35 bits per heavy atom. The minimum absolute atomic E-state index is 0.560. The van der Waals surface area contributed by atoms with Gasteiger partial charge in [0, 0.05) is 24.7 Å². The number of rotatable bonds is 4. The van der Waals surface area contributed by atoms with Gasteiger partial charge in [0.15, 0.2) is 0 Å². The zero-order chi connectivity index (χ0) is 13.8. The van der Waals surface area contributed by atoms with E-state index in [2.05, 4.69) is 39.8 Å². The SMILES string of the molecule is Cc1nnc(-c2ccc(CNc3ccccc3)cc2)o1. The van der Waals surface area contributed by atoms with Crippen molar-refractivity contribution in [2.75, 3.05) is 5.32 Å². The summed E-state index contributed by atoms with van der Waals surface area (Å²) in [4.78, 5) is 0. The summed E-state index contributed by atoms with van der Waals surface area (Å²) in [5, 5.41) is 11.2. The summed E-state index contributed by atoms with van der Waals surface area (Å²) >= 11 is 0. The molecular weight excluding hydrogens is 250 g/mol. The van der Waals surface area contributed by atoms with Gasteiger partial charge < -0.3 is 9.73 Å². The second kappa shape index (κ2) is 5.57. The third kappa shape index (κ3) is 2.85. The Balaban J connectivity index is 1.67. The fourth-order valence-electron chi connectivity index (χ4n) is 1.94. The summed E-state index contributed by atoms with van der Waals surface area (Å²) in [6, 6.07) is 18.3. The molecule has 20 heavy (non-hydrogen) atoms. The Hall–Kier alpha value is -2.62. The van der Waals surface area contributed by atoms with Crippen LogP contribution >= 0.6 is 0 Å². The van der Waals surface area contributed by atoms with E-state index in [1.54, 1.807) is 6.92 Å². The van der Waals surface area contributed by atoms with E-state index in [9.17, 15) is 0 Å². The Bertz CT molecular complexity index is 674. The van der Waals surface area contributed by atoms with E-state index in [-0.39, 0.29) is 0 Å². The summed E-state index contributed by atoms with van der Waals surface area (Å²) in [5.74, 6) is 1.14. The van der Waals surface area contributed by atoms with Crippen molar-refractivity contribution in [2.24, 2.45) is 0 Å².